The van der Waals surface area contributed by atoms with Crippen molar-refractivity contribution in [3.05, 3.63) is 59.2 Å². The van der Waals surface area contributed by atoms with Gasteiger partial charge in [0.25, 0.3) is 5.91 Å². The molecule has 0 aliphatic rings. The molecule has 21 heavy (non-hydrogen) atoms. The van der Waals surface area contributed by atoms with Crippen LogP contribution in [0.2, 0.25) is 0 Å². The van der Waals surface area contributed by atoms with Crippen molar-refractivity contribution in [1.29, 1.82) is 0 Å². The highest BCUT2D eigenvalue weighted by Crippen LogP contribution is 2.20. The van der Waals surface area contributed by atoms with E-state index >= 15 is 0 Å². The summed E-state index contributed by atoms with van der Waals surface area (Å²) >= 11 is 0. The number of hydrogen-bond acceptors (Lipinski definition) is 3. The monoisotopic (exact) mass is 284 g/mol. The van der Waals surface area contributed by atoms with Crippen LogP contribution in [0.3, 0.4) is 0 Å². The maximum Gasteiger partial charge on any atom is 0.253 e. The molecule has 2 aromatic carbocycles. The Morgan fingerprint density at radius 3 is 2.67 bits per heavy atom. The van der Waals surface area contributed by atoms with Crippen LogP contribution in [0, 0.1) is 6.92 Å². The molecule has 0 heterocycles. The molecule has 2 rings (SSSR count). The molecule has 0 atom stereocenters. The van der Waals surface area contributed by atoms with Gasteiger partial charge in [-0.3, -0.25) is 4.79 Å². The van der Waals surface area contributed by atoms with Crippen LogP contribution in [-0.2, 0) is 6.54 Å². The van der Waals surface area contributed by atoms with Crippen LogP contribution in [0.15, 0.2) is 42.5 Å². The molecule has 0 aliphatic heterocycles. The first kappa shape index (κ1) is 14.9. The van der Waals surface area contributed by atoms with Gasteiger partial charge in [-0.05, 0) is 31.2 Å². The van der Waals surface area contributed by atoms with Crippen LogP contribution in [0.4, 0.5) is 5.69 Å². The molecule has 110 valence electrons. The number of carbonyl (C=O) groups excluding carboxylic acids is 1. The van der Waals surface area contributed by atoms with Gasteiger partial charge in [-0.15, -0.1) is 0 Å². The Hall–Kier alpha value is -2.49. The van der Waals surface area contributed by atoms with Gasteiger partial charge >= 0.3 is 0 Å². The average Bonchev–Trinajstić information content (AvgIpc) is 2.47. The lowest BCUT2D eigenvalue weighted by atomic mass is 10.1. The highest BCUT2D eigenvalue weighted by atomic mass is 16.3. The number of phenolic OH excluding ortho intramolecular Hbond substituents is 1. The van der Waals surface area contributed by atoms with Crippen molar-refractivity contribution in [3.8, 4) is 5.75 Å². The standard InChI is InChI=1S/C17H20N2O2/c1-12-7-8-16(20)14(9-12)11-18-15-6-4-5-13(10-15)17(21)19(2)3/h4-10,18,20H,11H2,1-3H3. The maximum absolute atomic E-state index is 11.9. The Bertz CT molecular complexity index is 651. The predicted molar refractivity (Wildman–Crippen MR) is 84.6 cm³/mol. The third kappa shape index (κ3) is 3.75. The van der Waals surface area contributed by atoms with Crippen molar-refractivity contribution in [2.75, 3.05) is 19.4 Å². The van der Waals surface area contributed by atoms with Crippen molar-refractivity contribution in [2.45, 2.75) is 13.5 Å². The topological polar surface area (TPSA) is 52.6 Å². The first-order chi connectivity index (χ1) is 9.97. The van der Waals surface area contributed by atoms with Gasteiger partial charge < -0.3 is 15.3 Å². The van der Waals surface area contributed by atoms with E-state index in [1.54, 1.807) is 31.1 Å². The first-order valence-electron chi connectivity index (χ1n) is 6.81. The molecule has 0 saturated heterocycles. The van der Waals surface area contributed by atoms with E-state index in [2.05, 4.69) is 5.32 Å². The average molecular weight is 284 g/mol. The molecule has 0 aliphatic carbocycles. The van der Waals surface area contributed by atoms with Crippen molar-refractivity contribution in [2.24, 2.45) is 0 Å². The number of nitrogens with zero attached hydrogens (tertiary/aromatic N) is 1. The Morgan fingerprint density at radius 2 is 1.95 bits per heavy atom. The number of nitrogens with one attached hydrogen (secondary N) is 1. The molecule has 0 bridgehead atoms. The fourth-order valence-corrected chi connectivity index (χ4v) is 2.07. The molecule has 0 spiro atoms. The summed E-state index contributed by atoms with van der Waals surface area (Å²) in [4.78, 5) is 13.5. The Labute approximate surface area is 125 Å². The third-order valence-electron chi connectivity index (χ3n) is 3.23. The molecule has 2 aromatic rings. The second-order valence-corrected chi connectivity index (χ2v) is 5.27. The molecule has 0 fully saturated rings. The Kier molecular flexibility index (Phi) is 4.48. The van der Waals surface area contributed by atoms with E-state index in [1.165, 1.54) is 0 Å². The normalized spacial score (nSPS) is 10.2. The van der Waals surface area contributed by atoms with E-state index in [9.17, 15) is 9.90 Å². The van der Waals surface area contributed by atoms with Crippen LogP contribution in [0.25, 0.3) is 0 Å². The Balaban J connectivity index is 2.12. The van der Waals surface area contributed by atoms with E-state index in [-0.39, 0.29) is 11.7 Å². The van der Waals surface area contributed by atoms with Gasteiger partial charge in [0.15, 0.2) is 0 Å². The van der Waals surface area contributed by atoms with Crippen molar-refractivity contribution < 1.29 is 9.90 Å². The summed E-state index contributed by atoms with van der Waals surface area (Å²) in [6.45, 7) is 2.49. The van der Waals surface area contributed by atoms with Crippen LogP contribution < -0.4 is 5.32 Å². The number of aromatic hydroxyl groups is 1. The highest BCUT2D eigenvalue weighted by molar-refractivity contribution is 5.94. The minimum Gasteiger partial charge on any atom is -0.508 e. The highest BCUT2D eigenvalue weighted by Gasteiger charge is 2.08. The number of carbonyl (C=O) groups is 1. The van der Waals surface area contributed by atoms with Crippen molar-refractivity contribution >= 4 is 11.6 Å². The van der Waals surface area contributed by atoms with Gasteiger partial charge in [-0.1, -0.05) is 23.8 Å². The van der Waals surface area contributed by atoms with Crippen molar-refractivity contribution in [3.63, 3.8) is 0 Å². The zero-order chi connectivity index (χ0) is 15.4. The molecule has 0 radical (unpaired) electrons. The largest absolute Gasteiger partial charge is 0.508 e. The van der Waals surface area contributed by atoms with E-state index in [0.29, 0.717) is 12.1 Å². The fraction of sp³-hybridized carbons (Fsp3) is 0.235. The Morgan fingerprint density at radius 1 is 1.19 bits per heavy atom. The third-order valence-corrected chi connectivity index (χ3v) is 3.23. The van der Waals surface area contributed by atoms with E-state index in [4.69, 9.17) is 0 Å². The van der Waals surface area contributed by atoms with E-state index in [1.807, 2.05) is 37.3 Å². The number of phenols is 1. The fourth-order valence-electron chi connectivity index (χ4n) is 2.07. The molecule has 0 aromatic heterocycles. The summed E-state index contributed by atoms with van der Waals surface area (Å²) in [5.74, 6) is 0.241. The lowest BCUT2D eigenvalue weighted by molar-refractivity contribution is 0.0827. The second-order valence-electron chi connectivity index (χ2n) is 5.27. The smallest absolute Gasteiger partial charge is 0.253 e. The van der Waals surface area contributed by atoms with Gasteiger partial charge in [0.05, 0.1) is 0 Å². The van der Waals surface area contributed by atoms with Crippen LogP contribution in [-0.4, -0.2) is 30.0 Å². The minimum absolute atomic E-state index is 0.0305. The quantitative estimate of drug-likeness (QED) is 0.907. The molecule has 0 unspecified atom stereocenters. The van der Waals surface area contributed by atoms with Gasteiger partial charge in [-0.25, -0.2) is 0 Å². The van der Waals surface area contributed by atoms with E-state index in [0.717, 1.165) is 16.8 Å². The number of amides is 1. The van der Waals surface area contributed by atoms with Crippen molar-refractivity contribution in [1.82, 2.24) is 4.90 Å². The summed E-state index contributed by atoms with van der Waals surface area (Å²) in [7, 11) is 3.46. The summed E-state index contributed by atoms with van der Waals surface area (Å²) in [6.07, 6.45) is 0. The van der Waals surface area contributed by atoms with E-state index < -0.39 is 0 Å². The number of aryl methyl sites for hydroxylation is 1. The molecular weight excluding hydrogens is 264 g/mol. The zero-order valence-electron chi connectivity index (χ0n) is 12.6. The number of hydrogen-bond donors (Lipinski definition) is 2. The van der Waals surface area contributed by atoms with Gasteiger partial charge in [0, 0.05) is 37.5 Å². The maximum atomic E-state index is 11.9. The number of benzene rings is 2. The number of anilines is 1. The summed E-state index contributed by atoms with van der Waals surface area (Å²) in [5, 5.41) is 13.1. The first-order valence-corrected chi connectivity index (χ1v) is 6.81. The van der Waals surface area contributed by atoms with Crippen LogP contribution in [0.5, 0.6) is 5.75 Å². The molecule has 0 saturated carbocycles. The lowest BCUT2D eigenvalue weighted by Crippen LogP contribution is -2.21. The van der Waals surface area contributed by atoms with Gasteiger partial charge in [0.1, 0.15) is 5.75 Å². The molecule has 1 amide bonds. The summed E-state index contributed by atoms with van der Waals surface area (Å²) in [6, 6.07) is 12.9. The molecule has 2 N–H and O–H groups in total. The second kappa shape index (κ2) is 6.31. The summed E-state index contributed by atoms with van der Waals surface area (Å²) in [5.41, 5.74) is 3.42. The number of rotatable bonds is 4. The summed E-state index contributed by atoms with van der Waals surface area (Å²) < 4.78 is 0. The molecular formula is C17H20N2O2. The van der Waals surface area contributed by atoms with Gasteiger partial charge in [-0.2, -0.15) is 0 Å². The predicted octanol–water partition coefficient (Wildman–Crippen LogP) is 3.01. The molecule has 4 nitrogen and oxygen atoms in total. The van der Waals surface area contributed by atoms with Gasteiger partial charge in [0.2, 0.25) is 0 Å². The van der Waals surface area contributed by atoms with Crippen LogP contribution >= 0.6 is 0 Å². The SMILES string of the molecule is Cc1ccc(O)c(CNc2cccc(C(=O)N(C)C)c2)c1. The van der Waals surface area contributed by atoms with Crippen LogP contribution in [0.1, 0.15) is 21.5 Å². The minimum atomic E-state index is -0.0305. The molecule has 4 heteroatoms. The lowest BCUT2D eigenvalue weighted by Gasteiger charge is -2.13. The zero-order valence-corrected chi connectivity index (χ0v) is 12.6.